The molecule has 1 amide bonds. The van der Waals surface area contributed by atoms with E-state index < -0.39 is 0 Å². The van der Waals surface area contributed by atoms with Gasteiger partial charge in [-0.1, -0.05) is 0 Å². The molecule has 3 rings (SSSR count). The number of aryl methyl sites for hydroxylation is 2. The maximum absolute atomic E-state index is 12.8. The number of nitrogens with zero attached hydrogens (tertiary/aromatic N) is 4. The van der Waals surface area contributed by atoms with Crippen LogP contribution in [-0.4, -0.2) is 44.7 Å². The maximum Gasteiger partial charge on any atom is 0.247 e. The SMILES string of the molecule is Cc1cc(C)n([C@@H](C)C(=O)N2CCC(Nc3cccnc3)CC2)n1. The molecule has 128 valence electrons. The largest absolute Gasteiger partial charge is 0.381 e. The second kappa shape index (κ2) is 7.03. The number of hydrogen-bond acceptors (Lipinski definition) is 4. The molecule has 2 aromatic rings. The van der Waals surface area contributed by atoms with E-state index >= 15 is 0 Å². The molecule has 0 spiro atoms. The minimum Gasteiger partial charge on any atom is -0.381 e. The molecule has 0 saturated carbocycles. The Morgan fingerprint density at radius 1 is 1.33 bits per heavy atom. The van der Waals surface area contributed by atoms with Crippen molar-refractivity contribution in [2.45, 2.75) is 45.7 Å². The van der Waals surface area contributed by atoms with Gasteiger partial charge in [-0.05, 0) is 51.8 Å². The third kappa shape index (κ3) is 3.58. The Labute approximate surface area is 142 Å². The lowest BCUT2D eigenvalue weighted by Crippen LogP contribution is -2.45. The lowest BCUT2D eigenvalue weighted by molar-refractivity contribution is -0.135. The third-order valence-electron chi connectivity index (χ3n) is 4.61. The molecule has 2 aromatic heterocycles. The van der Waals surface area contributed by atoms with E-state index in [-0.39, 0.29) is 11.9 Å². The second-order valence-corrected chi connectivity index (χ2v) is 6.53. The van der Waals surface area contributed by atoms with E-state index in [1.807, 2.05) is 54.7 Å². The number of hydrogen-bond donors (Lipinski definition) is 1. The van der Waals surface area contributed by atoms with E-state index in [9.17, 15) is 4.79 Å². The molecule has 24 heavy (non-hydrogen) atoms. The normalized spacial score (nSPS) is 16.9. The lowest BCUT2D eigenvalue weighted by Gasteiger charge is -2.34. The molecule has 0 aliphatic carbocycles. The topological polar surface area (TPSA) is 63.1 Å². The minimum atomic E-state index is -0.249. The van der Waals surface area contributed by atoms with E-state index in [0.29, 0.717) is 6.04 Å². The van der Waals surface area contributed by atoms with Crippen LogP contribution in [0.15, 0.2) is 30.6 Å². The zero-order valence-electron chi connectivity index (χ0n) is 14.6. The minimum absolute atomic E-state index is 0.154. The smallest absolute Gasteiger partial charge is 0.247 e. The van der Waals surface area contributed by atoms with Gasteiger partial charge >= 0.3 is 0 Å². The fraction of sp³-hybridized carbons (Fsp3) is 0.500. The van der Waals surface area contributed by atoms with Crippen LogP contribution in [0.5, 0.6) is 0 Å². The molecular formula is C18H25N5O. The standard InChI is InChI=1S/C18H25N5O/c1-13-11-14(2)23(21-13)15(3)18(24)22-9-6-16(7-10-22)20-17-5-4-8-19-12-17/h4-5,8,11-12,15-16,20H,6-7,9-10H2,1-3H3/t15-/m0/s1. The van der Waals surface area contributed by atoms with Crippen LogP contribution in [0.2, 0.25) is 0 Å². The number of likely N-dealkylation sites (tertiary alicyclic amines) is 1. The van der Waals surface area contributed by atoms with E-state index in [2.05, 4.69) is 15.4 Å². The van der Waals surface area contributed by atoms with Crippen molar-refractivity contribution >= 4 is 11.6 Å². The van der Waals surface area contributed by atoms with Crippen molar-refractivity contribution in [3.8, 4) is 0 Å². The predicted molar refractivity (Wildman–Crippen MR) is 93.9 cm³/mol. The van der Waals surface area contributed by atoms with Crippen molar-refractivity contribution in [1.29, 1.82) is 0 Å². The molecule has 1 aliphatic heterocycles. The Kier molecular flexibility index (Phi) is 4.83. The van der Waals surface area contributed by atoms with Gasteiger partial charge in [0, 0.05) is 37.2 Å². The summed E-state index contributed by atoms with van der Waals surface area (Å²) in [6.07, 6.45) is 5.50. The Bertz CT molecular complexity index is 689. The zero-order chi connectivity index (χ0) is 17.1. The second-order valence-electron chi connectivity index (χ2n) is 6.53. The first-order valence-corrected chi connectivity index (χ1v) is 8.52. The number of carbonyl (C=O) groups excluding carboxylic acids is 1. The van der Waals surface area contributed by atoms with E-state index in [1.165, 1.54) is 0 Å². The van der Waals surface area contributed by atoms with Gasteiger partial charge in [-0.3, -0.25) is 14.5 Å². The van der Waals surface area contributed by atoms with Crippen LogP contribution in [0.4, 0.5) is 5.69 Å². The Balaban J connectivity index is 1.56. The number of aromatic nitrogens is 3. The molecule has 0 bridgehead atoms. The van der Waals surface area contributed by atoms with Crippen LogP contribution in [0, 0.1) is 13.8 Å². The van der Waals surface area contributed by atoms with Gasteiger partial charge < -0.3 is 10.2 Å². The van der Waals surface area contributed by atoms with Crippen LogP contribution in [0.25, 0.3) is 0 Å². The highest BCUT2D eigenvalue weighted by Crippen LogP contribution is 2.20. The zero-order valence-corrected chi connectivity index (χ0v) is 14.6. The third-order valence-corrected chi connectivity index (χ3v) is 4.61. The first-order chi connectivity index (χ1) is 11.5. The summed E-state index contributed by atoms with van der Waals surface area (Å²) in [5, 5.41) is 7.94. The highest BCUT2D eigenvalue weighted by Gasteiger charge is 2.27. The number of anilines is 1. The Morgan fingerprint density at radius 2 is 2.08 bits per heavy atom. The Hall–Kier alpha value is -2.37. The molecule has 3 heterocycles. The number of rotatable bonds is 4. The molecule has 0 radical (unpaired) electrons. The quantitative estimate of drug-likeness (QED) is 0.937. The van der Waals surface area contributed by atoms with E-state index in [1.54, 1.807) is 6.20 Å². The average molecular weight is 327 g/mol. The number of nitrogens with one attached hydrogen (secondary N) is 1. The first kappa shape index (κ1) is 16.5. The molecule has 6 heteroatoms. The van der Waals surface area contributed by atoms with E-state index in [0.717, 1.165) is 43.0 Å². The molecule has 0 unspecified atom stereocenters. The van der Waals surface area contributed by atoms with Gasteiger partial charge in [0.15, 0.2) is 0 Å². The van der Waals surface area contributed by atoms with Crippen LogP contribution in [0.3, 0.4) is 0 Å². The summed E-state index contributed by atoms with van der Waals surface area (Å²) < 4.78 is 1.83. The fourth-order valence-corrected chi connectivity index (χ4v) is 3.34. The fourth-order valence-electron chi connectivity index (χ4n) is 3.34. The Morgan fingerprint density at radius 3 is 2.67 bits per heavy atom. The van der Waals surface area contributed by atoms with Gasteiger partial charge in [0.2, 0.25) is 5.91 Å². The highest BCUT2D eigenvalue weighted by molar-refractivity contribution is 5.80. The van der Waals surface area contributed by atoms with Crippen LogP contribution in [0.1, 0.15) is 37.2 Å². The lowest BCUT2D eigenvalue weighted by atomic mass is 10.0. The van der Waals surface area contributed by atoms with Gasteiger partial charge in [0.05, 0.1) is 11.4 Å². The van der Waals surface area contributed by atoms with Gasteiger partial charge in [-0.2, -0.15) is 5.10 Å². The van der Waals surface area contributed by atoms with Crippen molar-refractivity contribution < 1.29 is 4.79 Å². The van der Waals surface area contributed by atoms with Crippen LogP contribution >= 0.6 is 0 Å². The number of piperidine rings is 1. The van der Waals surface area contributed by atoms with Gasteiger partial charge in [-0.15, -0.1) is 0 Å². The van der Waals surface area contributed by atoms with Crippen LogP contribution < -0.4 is 5.32 Å². The van der Waals surface area contributed by atoms with Gasteiger partial charge in [0.25, 0.3) is 0 Å². The predicted octanol–water partition coefficient (Wildman–Crippen LogP) is 2.56. The molecule has 1 atom stereocenters. The molecule has 1 fully saturated rings. The summed E-state index contributed by atoms with van der Waals surface area (Å²) in [6, 6.07) is 6.10. The molecule has 1 saturated heterocycles. The van der Waals surface area contributed by atoms with Crippen molar-refractivity contribution in [2.24, 2.45) is 0 Å². The molecule has 0 aromatic carbocycles. The number of pyridine rings is 1. The first-order valence-electron chi connectivity index (χ1n) is 8.52. The van der Waals surface area contributed by atoms with Gasteiger partial charge in [0.1, 0.15) is 6.04 Å². The van der Waals surface area contributed by atoms with Crippen molar-refractivity contribution in [3.63, 3.8) is 0 Å². The van der Waals surface area contributed by atoms with Crippen molar-refractivity contribution in [3.05, 3.63) is 42.0 Å². The summed E-state index contributed by atoms with van der Waals surface area (Å²) in [5.74, 6) is 0.154. The summed E-state index contributed by atoms with van der Waals surface area (Å²) in [6.45, 7) is 7.44. The highest BCUT2D eigenvalue weighted by atomic mass is 16.2. The average Bonchev–Trinajstić information content (AvgIpc) is 2.93. The summed E-state index contributed by atoms with van der Waals surface area (Å²) in [5.41, 5.74) is 3.02. The summed E-state index contributed by atoms with van der Waals surface area (Å²) >= 11 is 0. The van der Waals surface area contributed by atoms with Crippen molar-refractivity contribution in [2.75, 3.05) is 18.4 Å². The summed E-state index contributed by atoms with van der Waals surface area (Å²) in [7, 11) is 0. The summed E-state index contributed by atoms with van der Waals surface area (Å²) in [4.78, 5) is 18.8. The number of amides is 1. The molecule has 6 nitrogen and oxygen atoms in total. The molecule has 1 N–H and O–H groups in total. The van der Waals surface area contributed by atoms with Gasteiger partial charge in [-0.25, -0.2) is 0 Å². The van der Waals surface area contributed by atoms with Crippen molar-refractivity contribution in [1.82, 2.24) is 19.7 Å². The molecule has 1 aliphatic rings. The monoisotopic (exact) mass is 327 g/mol. The molecular weight excluding hydrogens is 302 g/mol. The van der Waals surface area contributed by atoms with Crippen LogP contribution in [-0.2, 0) is 4.79 Å². The van der Waals surface area contributed by atoms with E-state index in [4.69, 9.17) is 0 Å². The number of carbonyl (C=O) groups is 1. The maximum atomic E-state index is 12.8.